The molecular formula is C20H15N7O. The highest BCUT2D eigenvalue weighted by atomic mass is 16.7. The van der Waals surface area contributed by atoms with Crippen molar-refractivity contribution in [3.63, 3.8) is 0 Å². The van der Waals surface area contributed by atoms with Crippen LogP contribution in [0.2, 0.25) is 0 Å². The average Bonchev–Trinajstić information content (AvgIpc) is 2.75. The number of nitrogens with one attached hydrogen (secondary N) is 2. The van der Waals surface area contributed by atoms with E-state index < -0.39 is 0 Å². The lowest BCUT2D eigenvalue weighted by atomic mass is 10.2. The number of rotatable bonds is 5. The third-order valence-corrected chi connectivity index (χ3v) is 4.05. The van der Waals surface area contributed by atoms with Gasteiger partial charge in [-0.2, -0.15) is 9.99 Å². The lowest BCUT2D eigenvalue weighted by Gasteiger charge is -2.11. The van der Waals surface area contributed by atoms with E-state index in [1.54, 1.807) is 24.3 Å². The predicted octanol–water partition coefficient (Wildman–Crippen LogP) is 2.55. The van der Waals surface area contributed by atoms with E-state index in [-0.39, 0.29) is 5.49 Å². The van der Waals surface area contributed by atoms with Crippen LogP contribution in [0, 0.1) is 16.7 Å². The van der Waals surface area contributed by atoms with Crippen LogP contribution in [0.25, 0.3) is 11.0 Å². The molecule has 2 heterocycles. The quantitative estimate of drug-likeness (QED) is 0.559. The number of hydrogen-bond donors (Lipinski definition) is 2. The molecule has 0 saturated heterocycles. The summed E-state index contributed by atoms with van der Waals surface area (Å²) in [5.41, 5.74) is 3.20. The lowest BCUT2D eigenvalue weighted by molar-refractivity contribution is 0.0850. The van der Waals surface area contributed by atoms with E-state index in [9.17, 15) is 0 Å². The molecule has 0 unspecified atom stereocenters. The molecular weight excluding hydrogens is 354 g/mol. The van der Waals surface area contributed by atoms with Crippen molar-refractivity contribution >= 4 is 22.5 Å². The molecule has 0 fully saturated rings. The first-order chi connectivity index (χ1) is 13.7. The number of anilines is 2. The minimum atomic E-state index is 0.0752. The Bertz CT molecular complexity index is 1210. The Morgan fingerprint density at radius 3 is 2.54 bits per heavy atom. The van der Waals surface area contributed by atoms with Crippen molar-refractivity contribution in [1.29, 1.82) is 10.7 Å². The van der Waals surface area contributed by atoms with E-state index in [2.05, 4.69) is 26.3 Å². The van der Waals surface area contributed by atoms with Crippen molar-refractivity contribution in [2.45, 2.75) is 6.61 Å². The molecule has 0 aliphatic rings. The first-order valence-corrected chi connectivity index (χ1v) is 8.46. The monoisotopic (exact) mass is 369 g/mol. The third kappa shape index (κ3) is 3.50. The molecule has 0 saturated carbocycles. The topological polar surface area (TPSA) is 112 Å². The summed E-state index contributed by atoms with van der Waals surface area (Å²) in [6.45, 7) is 0.312. The molecule has 0 aliphatic heterocycles. The molecule has 0 spiro atoms. The standard InChI is InChI=1S/C20H15N7O/c21-10-14-6-8-16(9-7-14)26-20-18-17(23-12-24-20)19(22)27(13-25-18)28-11-15-4-2-1-3-5-15/h1-9,12-13,22H,11H2,(H,23,24,26). The van der Waals surface area contributed by atoms with Crippen LogP contribution in [0.5, 0.6) is 0 Å². The van der Waals surface area contributed by atoms with Crippen LogP contribution in [0.15, 0.2) is 67.3 Å². The SMILES string of the molecule is N#Cc1ccc(Nc2ncnc3c(=N)n(OCc4ccccc4)cnc23)cc1. The van der Waals surface area contributed by atoms with Gasteiger partial charge in [-0.15, -0.1) is 0 Å². The van der Waals surface area contributed by atoms with Crippen molar-refractivity contribution in [1.82, 2.24) is 19.7 Å². The van der Waals surface area contributed by atoms with Gasteiger partial charge in [-0.1, -0.05) is 30.3 Å². The second-order valence-corrected chi connectivity index (χ2v) is 5.91. The number of fused-ring (bicyclic) bond motifs is 1. The van der Waals surface area contributed by atoms with Crippen LogP contribution >= 0.6 is 0 Å². The number of hydrogen-bond acceptors (Lipinski definition) is 7. The van der Waals surface area contributed by atoms with Gasteiger partial charge in [0.05, 0.1) is 11.6 Å². The zero-order valence-corrected chi connectivity index (χ0v) is 14.7. The smallest absolute Gasteiger partial charge is 0.191 e. The Balaban J connectivity index is 1.62. The van der Waals surface area contributed by atoms with Crippen molar-refractivity contribution < 1.29 is 4.84 Å². The molecule has 8 nitrogen and oxygen atoms in total. The lowest BCUT2D eigenvalue weighted by Crippen LogP contribution is -2.28. The van der Waals surface area contributed by atoms with Gasteiger partial charge < -0.3 is 10.2 Å². The summed E-state index contributed by atoms with van der Waals surface area (Å²) in [7, 11) is 0. The molecule has 2 aromatic heterocycles. The molecule has 28 heavy (non-hydrogen) atoms. The fourth-order valence-corrected chi connectivity index (χ4v) is 2.62. The first-order valence-electron chi connectivity index (χ1n) is 8.46. The Morgan fingerprint density at radius 1 is 1.00 bits per heavy atom. The van der Waals surface area contributed by atoms with Crippen LogP contribution in [-0.2, 0) is 6.61 Å². The summed E-state index contributed by atoms with van der Waals surface area (Å²) in [6, 6.07) is 18.7. The molecule has 8 heteroatoms. The predicted molar refractivity (Wildman–Crippen MR) is 102 cm³/mol. The Labute approximate surface area is 160 Å². The minimum absolute atomic E-state index is 0.0752. The normalized spacial score (nSPS) is 10.4. The summed E-state index contributed by atoms with van der Waals surface area (Å²) in [6.07, 6.45) is 2.80. The van der Waals surface area contributed by atoms with Crippen LogP contribution in [0.1, 0.15) is 11.1 Å². The molecule has 0 atom stereocenters. The third-order valence-electron chi connectivity index (χ3n) is 4.05. The van der Waals surface area contributed by atoms with Gasteiger partial charge in [0, 0.05) is 5.69 Å². The van der Waals surface area contributed by atoms with Crippen LogP contribution < -0.4 is 15.6 Å². The average molecular weight is 369 g/mol. The van der Waals surface area contributed by atoms with E-state index in [1.807, 2.05) is 30.3 Å². The summed E-state index contributed by atoms with van der Waals surface area (Å²) >= 11 is 0. The zero-order chi connectivity index (χ0) is 19.3. The van der Waals surface area contributed by atoms with Gasteiger partial charge in [0.1, 0.15) is 30.3 Å². The van der Waals surface area contributed by atoms with E-state index >= 15 is 0 Å². The highest BCUT2D eigenvalue weighted by Gasteiger charge is 2.10. The van der Waals surface area contributed by atoms with Crippen LogP contribution in [-0.4, -0.2) is 19.7 Å². The van der Waals surface area contributed by atoms with Crippen LogP contribution in [0.4, 0.5) is 11.5 Å². The maximum Gasteiger partial charge on any atom is 0.191 e. The van der Waals surface area contributed by atoms with Crippen molar-refractivity contribution in [3.05, 3.63) is 83.9 Å². The van der Waals surface area contributed by atoms with E-state index in [0.29, 0.717) is 29.0 Å². The largest absolute Gasteiger partial charge is 0.406 e. The molecule has 2 N–H and O–H groups in total. The second kappa shape index (κ2) is 7.55. The molecule has 4 aromatic rings. The first kappa shape index (κ1) is 17.2. The van der Waals surface area contributed by atoms with E-state index in [0.717, 1.165) is 11.3 Å². The van der Waals surface area contributed by atoms with Crippen LogP contribution in [0.3, 0.4) is 0 Å². The van der Waals surface area contributed by atoms with Gasteiger partial charge in [0.25, 0.3) is 0 Å². The fraction of sp³-hybridized carbons (Fsp3) is 0.0500. The molecule has 136 valence electrons. The summed E-state index contributed by atoms with van der Waals surface area (Å²) < 4.78 is 1.29. The number of nitrogens with zero attached hydrogens (tertiary/aromatic N) is 5. The summed E-state index contributed by atoms with van der Waals surface area (Å²) in [5, 5.41) is 20.4. The van der Waals surface area contributed by atoms with E-state index in [4.69, 9.17) is 15.5 Å². The molecule has 4 rings (SSSR count). The van der Waals surface area contributed by atoms with Crippen molar-refractivity contribution in [2.75, 3.05) is 5.32 Å². The highest BCUT2D eigenvalue weighted by molar-refractivity contribution is 5.85. The van der Waals surface area contributed by atoms with Gasteiger partial charge in [-0.05, 0) is 29.8 Å². The van der Waals surface area contributed by atoms with Gasteiger partial charge in [-0.25, -0.2) is 15.0 Å². The fourth-order valence-electron chi connectivity index (χ4n) is 2.62. The van der Waals surface area contributed by atoms with Gasteiger partial charge in [0.15, 0.2) is 11.3 Å². The Kier molecular flexibility index (Phi) is 4.63. The van der Waals surface area contributed by atoms with E-state index in [1.165, 1.54) is 17.4 Å². The van der Waals surface area contributed by atoms with Crippen molar-refractivity contribution in [3.8, 4) is 6.07 Å². The Morgan fingerprint density at radius 2 is 1.79 bits per heavy atom. The number of aromatic nitrogens is 4. The summed E-state index contributed by atoms with van der Waals surface area (Å²) in [5.74, 6) is 0.471. The summed E-state index contributed by atoms with van der Waals surface area (Å²) in [4.78, 5) is 18.4. The zero-order valence-electron chi connectivity index (χ0n) is 14.7. The maximum absolute atomic E-state index is 8.90. The molecule has 2 aromatic carbocycles. The van der Waals surface area contributed by atoms with Crippen molar-refractivity contribution in [2.24, 2.45) is 0 Å². The van der Waals surface area contributed by atoms with Gasteiger partial charge in [-0.3, -0.25) is 5.41 Å². The maximum atomic E-state index is 8.90. The molecule has 0 amide bonds. The number of benzene rings is 2. The van der Waals surface area contributed by atoms with Gasteiger partial charge >= 0.3 is 0 Å². The molecule has 0 radical (unpaired) electrons. The molecule has 0 aliphatic carbocycles. The highest BCUT2D eigenvalue weighted by Crippen LogP contribution is 2.19. The van der Waals surface area contributed by atoms with Gasteiger partial charge in [0.2, 0.25) is 0 Å². The Hall–Kier alpha value is -4.25. The number of nitriles is 1. The molecule has 0 bridgehead atoms. The minimum Gasteiger partial charge on any atom is -0.406 e. The second-order valence-electron chi connectivity index (χ2n) is 5.91.